The number of aliphatic imine (C=N–C) groups is 1. The summed E-state index contributed by atoms with van der Waals surface area (Å²) >= 11 is 1.81. The molecule has 0 atom stereocenters. The summed E-state index contributed by atoms with van der Waals surface area (Å²) in [7, 11) is 0. The number of amides is 1. The van der Waals surface area contributed by atoms with Crippen LogP contribution in [0.3, 0.4) is 0 Å². The van der Waals surface area contributed by atoms with Crippen LogP contribution in [-0.4, -0.2) is 28.9 Å². The number of nitrogens with two attached hydrogens (primary N) is 1. The summed E-state index contributed by atoms with van der Waals surface area (Å²) in [6.07, 6.45) is 7.06. The van der Waals surface area contributed by atoms with Crippen molar-refractivity contribution in [3.8, 4) is 0 Å². The van der Waals surface area contributed by atoms with Crippen molar-refractivity contribution in [3.05, 3.63) is 0 Å². The van der Waals surface area contributed by atoms with Crippen LogP contribution in [0, 0.1) is 5.41 Å². The molecule has 1 heterocycles. The average molecular weight is 283 g/mol. The quantitative estimate of drug-likeness (QED) is 0.835. The van der Waals surface area contributed by atoms with Gasteiger partial charge in [-0.15, -0.1) is 0 Å². The van der Waals surface area contributed by atoms with Crippen molar-refractivity contribution >= 4 is 22.8 Å². The van der Waals surface area contributed by atoms with Gasteiger partial charge >= 0.3 is 0 Å². The van der Waals surface area contributed by atoms with Crippen molar-refractivity contribution in [2.75, 3.05) is 12.3 Å². The second-order valence-corrected chi connectivity index (χ2v) is 7.59. The average Bonchev–Trinajstić information content (AvgIpc) is 2.32. The van der Waals surface area contributed by atoms with E-state index in [1.165, 1.54) is 32.1 Å². The Kier molecular flexibility index (Phi) is 4.43. The Morgan fingerprint density at radius 1 is 1.42 bits per heavy atom. The van der Waals surface area contributed by atoms with Gasteiger partial charge in [0, 0.05) is 24.3 Å². The molecule has 2 aliphatic rings. The summed E-state index contributed by atoms with van der Waals surface area (Å²) in [6, 6.07) is 0. The Balaban J connectivity index is 1.91. The van der Waals surface area contributed by atoms with Crippen LogP contribution in [0.5, 0.6) is 0 Å². The van der Waals surface area contributed by atoms with E-state index in [4.69, 9.17) is 10.7 Å². The molecule has 1 saturated carbocycles. The Morgan fingerprint density at radius 2 is 2.11 bits per heavy atom. The third kappa shape index (κ3) is 4.13. The van der Waals surface area contributed by atoms with E-state index in [-0.39, 0.29) is 11.4 Å². The van der Waals surface area contributed by atoms with Gasteiger partial charge in [-0.25, -0.2) is 0 Å². The number of thioether (sulfide) groups is 1. The van der Waals surface area contributed by atoms with Crippen LogP contribution in [0.4, 0.5) is 0 Å². The fourth-order valence-electron chi connectivity index (χ4n) is 3.00. The van der Waals surface area contributed by atoms with Crippen LogP contribution >= 0.6 is 11.8 Å². The monoisotopic (exact) mass is 283 g/mol. The number of hydrogen-bond donors (Lipinski definition) is 2. The van der Waals surface area contributed by atoms with Gasteiger partial charge in [0.05, 0.1) is 0 Å². The van der Waals surface area contributed by atoms with Crippen molar-refractivity contribution in [3.63, 3.8) is 0 Å². The largest absolute Gasteiger partial charge is 0.370 e. The first-order chi connectivity index (χ1) is 8.91. The lowest BCUT2D eigenvalue weighted by atomic mass is 9.75. The third-order valence-corrected chi connectivity index (χ3v) is 5.31. The lowest BCUT2D eigenvalue weighted by molar-refractivity contribution is -0.119. The molecule has 0 bridgehead atoms. The standard InChI is InChI=1S/C14H25N3OS/c1-13(2,8-11(15)18)17-12-16-9-14(10-19-12)6-4-3-5-7-14/h3-10H2,1-2H3,(H2,15,18)(H,16,17). The van der Waals surface area contributed by atoms with Crippen molar-refractivity contribution < 1.29 is 4.79 Å². The highest BCUT2D eigenvalue weighted by molar-refractivity contribution is 8.13. The fraction of sp³-hybridized carbons (Fsp3) is 0.857. The zero-order valence-electron chi connectivity index (χ0n) is 12.0. The lowest BCUT2D eigenvalue weighted by Gasteiger charge is -2.39. The van der Waals surface area contributed by atoms with Crippen LogP contribution in [0.1, 0.15) is 52.4 Å². The van der Waals surface area contributed by atoms with E-state index in [1.54, 1.807) is 0 Å². The van der Waals surface area contributed by atoms with E-state index in [0.29, 0.717) is 11.8 Å². The molecule has 19 heavy (non-hydrogen) atoms. The maximum absolute atomic E-state index is 11.0. The lowest BCUT2D eigenvalue weighted by Crippen LogP contribution is -2.47. The van der Waals surface area contributed by atoms with Gasteiger partial charge < -0.3 is 11.1 Å². The first-order valence-corrected chi connectivity index (χ1v) is 8.13. The molecular formula is C14H25N3OS. The van der Waals surface area contributed by atoms with Crippen LogP contribution in [0.2, 0.25) is 0 Å². The fourth-order valence-corrected chi connectivity index (χ4v) is 4.33. The first-order valence-electron chi connectivity index (χ1n) is 7.15. The molecule has 0 aromatic rings. The Bertz CT molecular complexity index is 373. The summed E-state index contributed by atoms with van der Waals surface area (Å²) in [5.74, 6) is 0.883. The number of rotatable bonds is 3. The molecule has 1 aliphatic carbocycles. The van der Waals surface area contributed by atoms with Crippen molar-refractivity contribution in [2.45, 2.75) is 57.9 Å². The topological polar surface area (TPSA) is 67.5 Å². The molecule has 3 N–H and O–H groups in total. The molecule has 1 fully saturated rings. The predicted octanol–water partition coefficient (Wildman–Crippen LogP) is 2.28. The third-order valence-electron chi connectivity index (χ3n) is 4.05. The SMILES string of the molecule is CC(C)(CC(N)=O)NC1=NCC2(CCCCC2)CS1. The van der Waals surface area contributed by atoms with Crippen LogP contribution in [0.25, 0.3) is 0 Å². The van der Waals surface area contributed by atoms with Crippen LogP contribution < -0.4 is 11.1 Å². The van der Waals surface area contributed by atoms with Crippen molar-refractivity contribution in [1.29, 1.82) is 0 Å². The van der Waals surface area contributed by atoms with Gasteiger partial charge in [-0.05, 0) is 32.1 Å². The van der Waals surface area contributed by atoms with E-state index in [0.717, 1.165) is 17.5 Å². The molecule has 1 amide bonds. The second-order valence-electron chi connectivity index (χ2n) is 6.62. The Hall–Kier alpha value is -0.710. The molecule has 1 aliphatic heterocycles. The molecule has 4 nitrogen and oxygen atoms in total. The number of nitrogens with zero attached hydrogens (tertiary/aromatic N) is 1. The van der Waals surface area contributed by atoms with E-state index in [1.807, 2.05) is 25.6 Å². The minimum atomic E-state index is -0.311. The van der Waals surface area contributed by atoms with Crippen LogP contribution in [0.15, 0.2) is 4.99 Å². The maximum Gasteiger partial charge on any atom is 0.219 e. The number of primary amides is 1. The van der Waals surface area contributed by atoms with Gasteiger partial charge in [0.15, 0.2) is 5.17 Å². The number of carbonyl (C=O) groups excluding carboxylic acids is 1. The highest BCUT2D eigenvalue weighted by Crippen LogP contribution is 2.41. The van der Waals surface area contributed by atoms with E-state index >= 15 is 0 Å². The van der Waals surface area contributed by atoms with E-state index in [9.17, 15) is 4.79 Å². The smallest absolute Gasteiger partial charge is 0.219 e. The Morgan fingerprint density at radius 3 is 2.63 bits per heavy atom. The minimum absolute atomic E-state index is 0.275. The maximum atomic E-state index is 11.0. The zero-order valence-corrected chi connectivity index (χ0v) is 12.8. The molecule has 0 aromatic heterocycles. The summed E-state index contributed by atoms with van der Waals surface area (Å²) in [5.41, 5.74) is 5.41. The normalized spacial score (nSPS) is 22.9. The second kappa shape index (κ2) is 5.73. The summed E-state index contributed by atoms with van der Waals surface area (Å²) < 4.78 is 0. The van der Waals surface area contributed by atoms with Gasteiger partial charge in [-0.2, -0.15) is 0 Å². The minimum Gasteiger partial charge on any atom is -0.370 e. The van der Waals surface area contributed by atoms with Gasteiger partial charge in [0.1, 0.15) is 0 Å². The molecule has 0 unspecified atom stereocenters. The highest BCUT2D eigenvalue weighted by atomic mass is 32.2. The highest BCUT2D eigenvalue weighted by Gasteiger charge is 2.35. The summed E-state index contributed by atoms with van der Waals surface area (Å²) in [6.45, 7) is 4.92. The molecule has 1 spiro atoms. The zero-order chi connectivity index (χ0) is 13.9. The molecule has 0 aromatic carbocycles. The van der Waals surface area contributed by atoms with Crippen molar-refractivity contribution in [2.24, 2.45) is 16.1 Å². The van der Waals surface area contributed by atoms with Crippen molar-refractivity contribution in [1.82, 2.24) is 5.32 Å². The number of hydrogen-bond acceptors (Lipinski definition) is 4. The van der Waals surface area contributed by atoms with Gasteiger partial charge in [-0.1, -0.05) is 31.0 Å². The predicted molar refractivity (Wildman–Crippen MR) is 81.3 cm³/mol. The molecular weight excluding hydrogens is 258 g/mol. The number of carbonyl (C=O) groups is 1. The van der Waals surface area contributed by atoms with Gasteiger partial charge in [0.2, 0.25) is 5.91 Å². The number of nitrogens with one attached hydrogen (secondary N) is 1. The van der Waals surface area contributed by atoms with Gasteiger partial charge in [0.25, 0.3) is 0 Å². The Labute approximate surface area is 120 Å². The molecule has 108 valence electrons. The van der Waals surface area contributed by atoms with E-state index < -0.39 is 0 Å². The number of amidine groups is 1. The van der Waals surface area contributed by atoms with Crippen LogP contribution in [-0.2, 0) is 4.79 Å². The summed E-state index contributed by atoms with van der Waals surface area (Å²) in [4.78, 5) is 15.7. The molecule has 0 radical (unpaired) electrons. The first kappa shape index (κ1) is 14.7. The van der Waals surface area contributed by atoms with E-state index in [2.05, 4.69) is 5.32 Å². The molecule has 5 heteroatoms. The molecule has 0 saturated heterocycles. The summed E-state index contributed by atoms with van der Waals surface area (Å²) in [5, 5.41) is 4.34. The van der Waals surface area contributed by atoms with Gasteiger partial charge in [-0.3, -0.25) is 9.79 Å². The molecule has 2 rings (SSSR count).